The van der Waals surface area contributed by atoms with Gasteiger partial charge in [0.25, 0.3) is 0 Å². The first-order valence-electron chi connectivity index (χ1n) is 15.8. The molecule has 3 aliphatic rings. The van der Waals surface area contributed by atoms with E-state index in [9.17, 15) is 9.90 Å². The van der Waals surface area contributed by atoms with Crippen LogP contribution in [0.5, 0.6) is 0 Å². The molecular weight excluding hydrogens is 416 g/mol. The third-order valence-electron chi connectivity index (χ3n) is 11.1. The fourth-order valence-electron chi connectivity index (χ4n) is 8.87. The minimum atomic E-state index is -0.436. The molecule has 1 N–H and O–H groups in total. The van der Waals surface area contributed by atoms with Crippen LogP contribution in [0.25, 0.3) is 0 Å². The number of unbranched alkanes of at least 4 members (excludes halogenated alkanes) is 7. The van der Waals surface area contributed by atoms with Crippen molar-refractivity contribution in [2.45, 2.75) is 174 Å². The van der Waals surface area contributed by atoms with E-state index in [0.29, 0.717) is 5.41 Å². The molecule has 0 radical (unpaired) electrons. The van der Waals surface area contributed by atoms with Gasteiger partial charge < -0.3 is 5.11 Å². The van der Waals surface area contributed by atoms with Crippen LogP contribution in [-0.2, 0) is 4.79 Å². The van der Waals surface area contributed by atoms with E-state index in [4.69, 9.17) is 0 Å². The first-order valence-corrected chi connectivity index (χ1v) is 15.8. The van der Waals surface area contributed by atoms with Gasteiger partial charge in [-0.1, -0.05) is 110 Å². The first-order chi connectivity index (χ1) is 16.5. The molecule has 0 heterocycles. The van der Waals surface area contributed by atoms with Crippen molar-refractivity contribution in [3.05, 3.63) is 0 Å². The molecule has 0 amide bonds. The minimum absolute atomic E-state index is 0.0626. The molecular formula is C32H58O2. The second-order valence-electron chi connectivity index (χ2n) is 12.9. The summed E-state index contributed by atoms with van der Waals surface area (Å²) >= 11 is 0. The van der Waals surface area contributed by atoms with Crippen molar-refractivity contribution >= 4 is 5.97 Å². The molecule has 0 spiro atoms. The predicted molar refractivity (Wildman–Crippen MR) is 145 cm³/mol. The van der Waals surface area contributed by atoms with Gasteiger partial charge in [-0.25, -0.2) is 0 Å². The highest BCUT2D eigenvalue weighted by atomic mass is 16.4. The Hall–Kier alpha value is -0.530. The Kier molecular flexibility index (Phi) is 11.3. The molecule has 198 valence electrons. The molecule has 0 saturated heterocycles. The molecule has 0 unspecified atom stereocenters. The zero-order valence-corrected chi connectivity index (χ0v) is 23.1. The van der Waals surface area contributed by atoms with E-state index in [1.807, 2.05) is 0 Å². The normalized spacial score (nSPS) is 30.3. The highest BCUT2D eigenvalue weighted by molar-refractivity contribution is 5.76. The van der Waals surface area contributed by atoms with Crippen molar-refractivity contribution in [2.24, 2.45) is 22.2 Å². The Morgan fingerprint density at radius 2 is 1.18 bits per heavy atom. The fourth-order valence-corrected chi connectivity index (χ4v) is 8.87. The molecule has 3 aliphatic carbocycles. The van der Waals surface area contributed by atoms with Gasteiger partial charge in [0, 0.05) is 0 Å². The molecule has 0 aromatic carbocycles. The zero-order valence-electron chi connectivity index (χ0n) is 23.1. The van der Waals surface area contributed by atoms with Crippen LogP contribution < -0.4 is 0 Å². The van der Waals surface area contributed by atoms with Gasteiger partial charge in [0.2, 0.25) is 0 Å². The molecule has 2 heteroatoms. The zero-order chi connectivity index (χ0) is 24.3. The number of aliphatic carboxylic acids is 1. The maximum Gasteiger partial charge on any atom is 0.310 e. The summed E-state index contributed by atoms with van der Waals surface area (Å²) < 4.78 is 0. The highest BCUT2D eigenvalue weighted by Crippen LogP contribution is 2.64. The smallest absolute Gasteiger partial charge is 0.310 e. The van der Waals surface area contributed by atoms with Crippen molar-refractivity contribution < 1.29 is 9.90 Å². The summed E-state index contributed by atoms with van der Waals surface area (Å²) in [6.45, 7) is 4.61. The molecule has 3 rings (SSSR count). The molecule has 0 aromatic heterocycles. The Morgan fingerprint density at radius 3 is 1.76 bits per heavy atom. The average Bonchev–Trinajstić information content (AvgIpc) is 2.88. The Morgan fingerprint density at radius 1 is 0.647 bits per heavy atom. The van der Waals surface area contributed by atoms with E-state index in [0.717, 1.165) is 31.6 Å². The van der Waals surface area contributed by atoms with E-state index in [1.54, 1.807) is 0 Å². The number of hydrogen-bond donors (Lipinski definition) is 1. The molecule has 0 aliphatic heterocycles. The first kappa shape index (κ1) is 28.0. The van der Waals surface area contributed by atoms with Gasteiger partial charge in [-0.2, -0.15) is 0 Å². The lowest BCUT2D eigenvalue weighted by atomic mass is 9.46. The summed E-state index contributed by atoms with van der Waals surface area (Å²) in [5, 5.41) is 10.7. The Balaban J connectivity index is 1.79. The molecule has 0 aromatic rings. The molecule has 3 saturated carbocycles. The lowest BCUT2D eigenvalue weighted by Crippen LogP contribution is -2.53. The topological polar surface area (TPSA) is 37.3 Å². The molecule has 34 heavy (non-hydrogen) atoms. The SMILES string of the molecule is CCCCCCCC1(C2(C(=O)O)CCCCC2)CCC(CCCCCC)(C2CCCCC2)CC1. The Labute approximate surface area is 212 Å². The van der Waals surface area contributed by atoms with Crippen molar-refractivity contribution in [1.82, 2.24) is 0 Å². The second kappa shape index (κ2) is 13.7. The third kappa shape index (κ3) is 6.42. The number of carboxylic acids is 1. The van der Waals surface area contributed by atoms with Crippen LogP contribution in [0.4, 0.5) is 0 Å². The van der Waals surface area contributed by atoms with Crippen LogP contribution in [0.15, 0.2) is 0 Å². The van der Waals surface area contributed by atoms with Crippen LogP contribution in [0.2, 0.25) is 0 Å². The maximum absolute atomic E-state index is 13.0. The van der Waals surface area contributed by atoms with E-state index in [-0.39, 0.29) is 5.41 Å². The van der Waals surface area contributed by atoms with E-state index in [2.05, 4.69) is 13.8 Å². The highest BCUT2D eigenvalue weighted by Gasteiger charge is 2.59. The predicted octanol–water partition coefficient (Wildman–Crippen LogP) is 10.5. The van der Waals surface area contributed by atoms with Crippen molar-refractivity contribution in [3.63, 3.8) is 0 Å². The second-order valence-corrected chi connectivity index (χ2v) is 12.9. The standard InChI is InChI=1S/C32H58O2/c1-3-5-7-9-15-21-31(32(29(33)34)22-16-11-17-23-32)26-24-30(25-27-31,20-14-8-6-4-2)28-18-12-10-13-19-28/h28H,3-27H2,1-2H3,(H,33,34). The van der Waals surface area contributed by atoms with Gasteiger partial charge in [0.1, 0.15) is 0 Å². The van der Waals surface area contributed by atoms with E-state index < -0.39 is 11.4 Å². The molecule has 0 atom stereocenters. The van der Waals surface area contributed by atoms with Gasteiger partial charge >= 0.3 is 5.97 Å². The largest absolute Gasteiger partial charge is 0.481 e. The lowest BCUT2D eigenvalue weighted by molar-refractivity contribution is -0.171. The number of rotatable bonds is 14. The van der Waals surface area contributed by atoms with Crippen LogP contribution in [0, 0.1) is 22.2 Å². The van der Waals surface area contributed by atoms with Crippen LogP contribution in [0.3, 0.4) is 0 Å². The number of carbonyl (C=O) groups is 1. The lowest BCUT2D eigenvalue weighted by Gasteiger charge is -2.58. The quantitative estimate of drug-likeness (QED) is 0.254. The summed E-state index contributed by atoms with van der Waals surface area (Å²) in [5.41, 5.74) is 0.151. The number of hydrogen-bond acceptors (Lipinski definition) is 1. The van der Waals surface area contributed by atoms with Gasteiger partial charge in [-0.05, 0) is 81.0 Å². The fraction of sp³-hybridized carbons (Fsp3) is 0.969. The third-order valence-corrected chi connectivity index (χ3v) is 11.1. The van der Waals surface area contributed by atoms with Gasteiger partial charge in [-0.3, -0.25) is 4.79 Å². The summed E-state index contributed by atoms with van der Waals surface area (Å²) in [7, 11) is 0. The summed E-state index contributed by atoms with van der Waals surface area (Å²) in [6.07, 6.45) is 32.3. The summed E-state index contributed by atoms with van der Waals surface area (Å²) in [4.78, 5) is 13.0. The van der Waals surface area contributed by atoms with Crippen molar-refractivity contribution in [3.8, 4) is 0 Å². The van der Waals surface area contributed by atoms with Gasteiger partial charge in [-0.15, -0.1) is 0 Å². The van der Waals surface area contributed by atoms with Crippen molar-refractivity contribution in [2.75, 3.05) is 0 Å². The average molecular weight is 475 g/mol. The molecule has 0 bridgehead atoms. The van der Waals surface area contributed by atoms with E-state index >= 15 is 0 Å². The van der Waals surface area contributed by atoms with Crippen LogP contribution in [-0.4, -0.2) is 11.1 Å². The van der Waals surface area contributed by atoms with Gasteiger partial charge in [0.15, 0.2) is 0 Å². The molecule has 3 fully saturated rings. The Bertz CT molecular complexity index is 574. The summed E-state index contributed by atoms with van der Waals surface area (Å²) in [6, 6.07) is 0. The maximum atomic E-state index is 13.0. The van der Waals surface area contributed by atoms with Gasteiger partial charge in [0.05, 0.1) is 5.41 Å². The molecule has 2 nitrogen and oxygen atoms in total. The summed E-state index contributed by atoms with van der Waals surface area (Å²) in [5.74, 6) is 0.478. The monoisotopic (exact) mass is 474 g/mol. The van der Waals surface area contributed by atoms with Crippen LogP contribution in [0.1, 0.15) is 174 Å². The number of carboxylic acid groups (broad SMARTS) is 1. The van der Waals surface area contributed by atoms with E-state index in [1.165, 1.54) is 135 Å². The van der Waals surface area contributed by atoms with Crippen LogP contribution >= 0.6 is 0 Å². The van der Waals surface area contributed by atoms with Crippen molar-refractivity contribution in [1.29, 1.82) is 0 Å². The minimum Gasteiger partial charge on any atom is -0.481 e.